The van der Waals surface area contributed by atoms with Gasteiger partial charge in [-0.3, -0.25) is 4.79 Å². The molecule has 0 heterocycles. The van der Waals surface area contributed by atoms with E-state index in [0.717, 1.165) is 64.2 Å². The summed E-state index contributed by atoms with van der Waals surface area (Å²) in [5, 5.41) is 2.72. The first-order valence-electron chi connectivity index (χ1n) is 14.7. The Balaban J connectivity index is 2.06. The van der Waals surface area contributed by atoms with Crippen molar-refractivity contribution < 1.29 is 42.9 Å². The topological polar surface area (TPSA) is 134 Å². The summed E-state index contributed by atoms with van der Waals surface area (Å²) < 4.78 is 23.2. The van der Waals surface area contributed by atoms with Gasteiger partial charge in [-0.2, -0.15) is 0 Å². The van der Waals surface area contributed by atoms with Crippen LogP contribution in [0.2, 0.25) is 0 Å². The van der Waals surface area contributed by atoms with Gasteiger partial charge in [0.2, 0.25) is 18.1 Å². The maximum absolute atomic E-state index is 13.9. The summed E-state index contributed by atoms with van der Waals surface area (Å²) in [6.07, 6.45) is 6.47. The van der Waals surface area contributed by atoms with Crippen molar-refractivity contribution in [2.75, 3.05) is 18.5 Å². The van der Waals surface area contributed by atoms with Crippen molar-refractivity contribution in [3.63, 3.8) is 0 Å². The Hall–Kier alpha value is -1.24. The molecule has 1 amide bonds. The second-order valence-corrected chi connectivity index (χ2v) is 13.9. The lowest BCUT2D eigenvalue weighted by Crippen LogP contribution is -2.38. The van der Waals surface area contributed by atoms with Gasteiger partial charge in [0.15, 0.2) is 0 Å². The number of halogens is 3. The van der Waals surface area contributed by atoms with Crippen molar-refractivity contribution >= 4 is 103 Å². The van der Waals surface area contributed by atoms with Gasteiger partial charge in [-0.25, -0.2) is 19.2 Å². The van der Waals surface area contributed by atoms with Crippen molar-refractivity contribution in [3.8, 4) is 0 Å². The van der Waals surface area contributed by atoms with Crippen LogP contribution in [0.15, 0.2) is 0 Å². The number of rotatable bonds is 11. The van der Waals surface area contributed by atoms with Crippen LogP contribution in [0.3, 0.4) is 0 Å². The minimum Gasteiger partial charge on any atom is -0.463 e. The predicted molar refractivity (Wildman–Crippen MR) is 184 cm³/mol. The SMILES string of the molecule is CCOC(=O)C(OC(=O)c1c(I)c(NC(C)=O)c(I)c(C(=O)OC(C(=O)OCC)C2CCCCC2)c1I)C1CCCCC1. The molecule has 0 aromatic heterocycles. The Labute approximate surface area is 293 Å². The molecule has 2 saturated carbocycles. The smallest absolute Gasteiger partial charge is 0.347 e. The van der Waals surface area contributed by atoms with Gasteiger partial charge >= 0.3 is 23.9 Å². The highest BCUT2D eigenvalue weighted by Crippen LogP contribution is 2.38. The van der Waals surface area contributed by atoms with Crippen LogP contribution in [-0.2, 0) is 33.3 Å². The van der Waals surface area contributed by atoms with Crippen LogP contribution < -0.4 is 5.32 Å². The van der Waals surface area contributed by atoms with Crippen molar-refractivity contribution in [3.05, 3.63) is 21.8 Å². The summed E-state index contributed by atoms with van der Waals surface area (Å²) in [5.74, 6) is -3.62. The zero-order valence-corrected chi connectivity index (χ0v) is 31.1. The molecule has 238 valence electrons. The highest BCUT2D eigenvalue weighted by molar-refractivity contribution is 14.1. The number of anilines is 1. The fourth-order valence-corrected chi connectivity index (χ4v) is 9.97. The zero-order valence-electron chi connectivity index (χ0n) is 24.6. The largest absolute Gasteiger partial charge is 0.463 e. The fraction of sp³-hybridized carbons (Fsp3) is 0.633. The van der Waals surface area contributed by atoms with E-state index in [1.807, 2.05) is 67.8 Å². The van der Waals surface area contributed by atoms with Crippen LogP contribution in [-0.4, -0.2) is 55.2 Å². The minimum absolute atomic E-state index is 0.0211. The van der Waals surface area contributed by atoms with E-state index >= 15 is 0 Å². The van der Waals surface area contributed by atoms with Crippen LogP contribution in [0.5, 0.6) is 0 Å². The molecule has 0 radical (unpaired) electrons. The number of carbonyl (C=O) groups excluding carboxylic acids is 5. The van der Waals surface area contributed by atoms with E-state index in [9.17, 15) is 24.0 Å². The third kappa shape index (κ3) is 9.39. The molecule has 0 spiro atoms. The number of amides is 1. The molecule has 1 aromatic rings. The third-order valence-electron chi connectivity index (χ3n) is 7.69. The van der Waals surface area contributed by atoms with E-state index in [4.69, 9.17) is 18.9 Å². The molecule has 2 aliphatic carbocycles. The lowest BCUT2D eigenvalue weighted by Gasteiger charge is -2.29. The summed E-state index contributed by atoms with van der Waals surface area (Å²) in [7, 11) is 0. The second-order valence-electron chi connectivity index (χ2n) is 10.7. The van der Waals surface area contributed by atoms with E-state index in [1.165, 1.54) is 6.92 Å². The van der Waals surface area contributed by atoms with E-state index in [1.54, 1.807) is 13.8 Å². The van der Waals surface area contributed by atoms with Crippen LogP contribution in [0.1, 0.15) is 106 Å². The van der Waals surface area contributed by atoms with Gasteiger partial charge in [0, 0.05) is 22.3 Å². The average Bonchev–Trinajstić information content (AvgIpc) is 2.97. The van der Waals surface area contributed by atoms with E-state index in [-0.39, 0.29) is 45.4 Å². The van der Waals surface area contributed by atoms with Gasteiger partial charge < -0.3 is 24.3 Å². The zero-order chi connectivity index (χ0) is 31.7. The lowest BCUT2D eigenvalue weighted by atomic mass is 9.85. The van der Waals surface area contributed by atoms with Crippen molar-refractivity contribution in [2.45, 2.75) is 97.2 Å². The van der Waals surface area contributed by atoms with Gasteiger partial charge in [-0.15, -0.1) is 0 Å². The number of nitrogens with one attached hydrogen (secondary N) is 1. The molecule has 3 rings (SSSR count). The Morgan fingerprint density at radius 1 is 0.674 bits per heavy atom. The fourth-order valence-electron chi connectivity index (χ4n) is 5.65. The lowest BCUT2D eigenvalue weighted by molar-refractivity contribution is -0.158. The molecule has 0 bridgehead atoms. The standard InChI is InChI=1S/C30H38I3NO9/c1-4-40-29(38)25(17-12-8-6-9-13-17)42-27(36)19-21(31)20(23(33)24(22(19)32)34-16(3)35)28(37)43-26(30(39)41-5-2)18-14-10-7-11-15-18/h17-18,25-26H,4-15H2,1-3H3,(H,34,35). The number of benzene rings is 1. The second kappa shape index (κ2) is 17.5. The first-order chi connectivity index (χ1) is 20.5. The molecule has 43 heavy (non-hydrogen) atoms. The molecule has 1 N–H and O–H groups in total. The van der Waals surface area contributed by atoms with Crippen LogP contribution >= 0.6 is 67.8 Å². The van der Waals surface area contributed by atoms with Crippen molar-refractivity contribution in [1.29, 1.82) is 0 Å². The number of ether oxygens (including phenoxy) is 4. The quantitative estimate of drug-likeness (QED) is 0.145. The van der Waals surface area contributed by atoms with Crippen LogP contribution in [0.25, 0.3) is 0 Å². The summed E-state index contributed by atoms with van der Waals surface area (Å²) >= 11 is 5.75. The molecule has 13 heteroatoms. The van der Waals surface area contributed by atoms with E-state index in [2.05, 4.69) is 5.32 Å². The van der Waals surface area contributed by atoms with Gasteiger partial charge in [0.1, 0.15) is 0 Å². The van der Waals surface area contributed by atoms with Gasteiger partial charge in [-0.1, -0.05) is 38.5 Å². The molecule has 1 aromatic carbocycles. The number of carbonyl (C=O) groups is 5. The summed E-state index contributed by atoms with van der Waals surface area (Å²) in [5.41, 5.74) is 0.282. The molecular weight excluding hydrogens is 899 g/mol. The van der Waals surface area contributed by atoms with Crippen LogP contribution in [0, 0.1) is 22.5 Å². The Morgan fingerprint density at radius 3 is 1.37 bits per heavy atom. The first-order valence-corrected chi connectivity index (χ1v) is 18.0. The highest BCUT2D eigenvalue weighted by atomic mass is 127. The predicted octanol–water partition coefficient (Wildman–Crippen LogP) is 6.80. The van der Waals surface area contributed by atoms with Gasteiger partial charge in [0.25, 0.3) is 0 Å². The van der Waals surface area contributed by atoms with Gasteiger partial charge in [-0.05, 0) is 107 Å². The third-order valence-corrected chi connectivity index (χ3v) is 10.9. The molecule has 10 nitrogen and oxygen atoms in total. The first kappa shape index (κ1) is 36.2. The maximum atomic E-state index is 13.9. The van der Waals surface area contributed by atoms with Crippen molar-refractivity contribution in [2.24, 2.45) is 11.8 Å². The monoisotopic (exact) mass is 937 g/mol. The number of hydrogen-bond acceptors (Lipinski definition) is 9. The summed E-state index contributed by atoms with van der Waals surface area (Å²) in [6, 6.07) is 0. The molecule has 2 fully saturated rings. The van der Waals surface area contributed by atoms with Crippen molar-refractivity contribution in [1.82, 2.24) is 0 Å². The molecule has 0 aliphatic heterocycles. The average molecular weight is 937 g/mol. The Bertz CT molecular complexity index is 1130. The molecular formula is C30H38I3NO9. The normalized spacial score (nSPS) is 17.3. The minimum atomic E-state index is -1.10. The Kier molecular flexibility index (Phi) is 14.7. The van der Waals surface area contributed by atoms with E-state index < -0.39 is 42.0 Å². The molecule has 2 atom stereocenters. The maximum Gasteiger partial charge on any atom is 0.347 e. The summed E-state index contributed by atoms with van der Waals surface area (Å²) in [6.45, 7) is 4.99. The Morgan fingerprint density at radius 2 is 1.05 bits per heavy atom. The summed E-state index contributed by atoms with van der Waals surface area (Å²) in [4.78, 5) is 65.8. The molecule has 0 saturated heterocycles. The molecule has 2 unspecified atom stereocenters. The van der Waals surface area contributed by atoms with Gasteiger partial charge in [0.05, 0.1) is 37.2 Å². The molecule has 2 aliphatic rings. The van der Waals surface area contributed by atoms with Crippen LogP contribution in [0.4, 0.5) is 5.69 Å². The number of esters is 4. The number of hydrogen-bond donors (Lipinski definition) is 1. The highest BCUT2D eigenvalue weighted by Gasteiger charge is 2.39. The van der Waals surface area contributed by atoms with E-state index in [0.29, 0.717) is 7.14 Å².